The zero-order chi connectivity index (χ0) is 14.7. The van der Waals surface area contributed by atoms with Crippen molar-refractivity contribution in [3.8, 4) is 5.69 Å². The monoisotopic (exact) mass is 301 g/mol. The Morgan fingerprint density at radius 1 is 1.24 bits per heavy atom. The van der Waals surface area contributed by atoms with Gasteiger partial charge in [-0.25, -0.2) is 4.68 Å². The van der Waals surface area contributed by atoms with Crippen LogP contribution in [-0.2, 0) is 18.6 Å². The molecule has 0 aliphatic carbocycles. The minimum Gasteiger partial charge on any atom is -0.370 e. The minimum atomic E-state index is 0.990. The van der Waals surface area contributed by atoms with E-state index >= 15 is 0 Å². The van der Waals surface area contributed by atoms with Crippen molar-refractivity contribution in [1.29, 1.82) is 0 Å². The largest absolute Gasteiger partial charge is 0.370 e. The molecule has 112 valence electrons. The summed E-state index contributed by atoms with van der Waals surface area (Å²) in [6.45, 7) is 3.23. The van der Waals surface area contributed by atoms with Crippen molar-refractivity contribution < 1.29 is 0 Å². The summed E-state index contributed by atoms with van der Waals surface area (Å²) in [6, 6.07) is 8.77. The number of hydrogen-bond acceptors (Lipinski definition) is 3. The maximum absolute atomic E-state index is 4.88. The van der Waals surface area contributed by atoms with Crippen molar-refractivity contribution in [2.45, 2.75) is 38.4 Å². The molecule has 0 fully saturated rings. The highest BCUT2D eigenvalue weighted by Gasteiger charge is 2.20. The van der Waals surface area contributed by atoms with Gasteiger partial charge in [0.2, 0.25) is 0 Å². The van der Waals surface area contributed by atoms with Crippen LogP contribution in [0.3, 0.4) is 0 Å². The molecule has 2 heterocycles. The number of aromatic nitrogens is 2. The van der Waals surface area contributed by atoms with Crippen molar-refractivity contribution in [3.63, 3.8) is 0 Å². The molecule has 3 nitrogen and oxygen atoms in total. The first-order valence-corrected chi connectivity index (χ1v) is 9.15. The minimum absolute atomic E-state index is 0.990. The van der Waals surface area contributed by atoms with Gasteiger partial charge in [-0.3, -0.25) is 0 Å². The normalized spacial score (nSPS) is 14.4. The van der Waals surface area contributed by atoms with E-state index in [9.17, 15) is 0 Å². The first-order valence-electron chi connectivity index (χ1n) is 7.76. The van der Waals surface area contributed by atoms with E-state index in [1.165, 1.54) is 35.5 Å². The topological polar surface area (TPSA) is 29.9 Å². The Kier molecular flexibility index (Phi) is 4.54. The number of benzene rings is 1. The quantitative estimate of drug-likeness (QED) is 0.924. The van der Waals surface area contributed by atoms with Gasteiger partial charge in [0.1, 0.15) is 5.82 Å². The zero-order valence-corrected chi connectivity index (χ0v) is 13.7. The van der Waals surface area contributed by atoms with Gasteiger partial charge in [-0.2, -0.15) is 16.9 Å². The molecule has 0 radical (unpaired) electrons. The van der Waals surface area contributed by atoms with Crippen molar-refractivity contribution in [2.24, 2.45) is 0 Å². The zero-order valence-electron chi connectivity index (χ0n) is 12.9. The maximum atomic E-state index is 4.88. The summed E-state index contributed by atoms with van der Waals surface area (Å²) < 4.78 is 2.10. The highest BCUT2D eigenvalue weighted by Crippen LogP contribution is 2.29. The van der Waals surface area contributed by atoms with Gasteiger partial charge in [0.25, 0.3) is 0 Å². The van der Waals surface area contributed by atoms with Crippen molar-refractivity contribution in [2.75, 3.05) is 18.1 Å². The molecule has 3 rings (SSSR count). The van der Waals surface area contributed by atoms with Crippen LogP contribution >= 0.6 is 11.8 Å². The van der Waals surface area contributed by atoms with Gasteiger partial charge in [0.05, 0.1) is 11.4 Å². The standard InChI is InChI=1S/C17H23N3S/c1-3-13-7-9-14(10-8-13)20-17-15(6-4-5-11-18-17)16(19-20)12-21-2/h7-10,18H,3-6,11-12H2,1-2H3. The number of aryl methyl sites for hydroxylation is 1. The Bertz CT molecular complexity index is 601. The molecule has 0 bridgehead atoms. The maximum Gasteiger partial charge on any atom is 0.133 e. The number of nitrogens with zero attached hydrogens (tertiary/aromatic N) is 2. The molecule has 1 aliphatic heterocycles. The predicted octanol–water partition coefficient (Wildman–Crippen LogP) is 4.05. The highest BCUT2D eigenvalue weighted by atomic mass is 32.2. The van der Waals surface area contributed by atoms with Crippen molar-refractivity contribution >= 4 is 17.6 Å². The third kappa shape index (κ3) is 2.95. The molecule has 1 aliphatic rings. The van der Waals surface area contributed by atoms with Gasteiger partial charge in [0, 0.05) is 17.9 Å². The lowest BCUT2D eigenvalue weighted by Crippen LogP contribution is -2.07. The van der Waals surface area contributed by atoms with Crippen LogP contribution < -0.4 is 5.32 Å². The number of hydrogen-bond donors (Lipinski definition) is 1. The van der Waals surface area contributed by atoms with Crippen LogP contribution in [0, 0.1) is 0 Å². The summed E-state index contributed by atoms with van der Waals surface area (Å²) in [5.41, 5.74) is 5.19. The average Bonchev–Trinajstić information content (AvgIpc) is 2.71. The van der Waals surface area contributed by atoms with Crippen LogP contribution in [0.4, 0.5) is 5.82 Å². The molecule has 0 saturated heterocycles. The van der Waals surface area contributed by atoms with Gasteiger partial charge < -0.3 is 5.32 Å². The predicted molar refractivity (Wildman–Crippen MR) is 91.6 cm³/mol. The number of anilines is 1. The fourth-order valence-electron chi connectivity index (χ4n) is 2.89. The molecular weight excluding hydrogens is 278 g/mol. The molecule has 0 amide bonds. The van der Waals surface area contributed by atoms with Gasteiger partial charge in [-0.15, -0.1) is 0 Å². The molecule has 1 aromatic heterocycles. The van der Waals surface area contributed by atoms with Gasteiger partial charge >= 0.3 is 0 Å². The van der Waals surface area contributed by atoms with Crippen LogP contribution in [-0.4, -0.2) is 22.6 Å². The molecule has 0 unspecified atom stereocenters. The molecule has 0 saturated carbocycles. The van der Waals surface area contributed by atoms with Gasteiger partial charge in [-0.05, 0) is 49.6 Å². The van der Waals surface area contributed by atoms with E-state index in [0.29, 0.717) is 0 Å². The van der Waals surface area contributed by atoms with E-state index in [1.54, 1.807) is 0 Å². The first-order chi connectivity index (χ1) is 10.3. The van der Waals surface area contributed by atoms with Crippen LogP contribution in [0.5, 0.6) is 0 Å². The van der Waals surface area contributed by atoms with Crippen LogP contribution in [0.1, 0.15) is 36.6 Å². The SMILES string of the molecule is CCc1ccc(-n2nc(CSC)c3c2NCCCC3)cc1. The lowest BCUT2D eigenvalue weighted by Gasteiger charge is -2.09. The third-order valence-electron chi connectivity index (χ3n) is 4.08. The smallest absolute Gasteiger partial charge is 0.133 e. The molecule has 2 aromatic rings. The van der Waals surface area contributed by atoms with Crippen LogP contribution in [0.25, 0.3) is 5.69 Å². The van der Waals surface area contributed by atoms with Gasteiger partial charge in [-0.1, -0.05) is 19.1 Å². The fraction of sp³-hybridized carbons (Fsp3) is 0.471. The Morgan fingerprint density at radius 3 is 2.76 bits per heavy atom. The Labute approximate surface area is 131 Å². The summed E-state index contributed by atoms with van der Waals surface area (Å²) in [4.78, 5) is 0. The van der Waals surface area contributed by atoms with E-state index < -0.39 is 0 Å². The number of thioether (sulfide) groups is 1. The lowest BCUT2D eigenvalue weighted by molar-refractivity contribution is 0.771. The molecular formula is C17H23N3S. The number of fused-ring (bicyclic) bond motifs is 1. The molecule has 0 spiro atoms. The third-order valence-corrected chi connectivity index (χ3v) is 4.65. The second-order valence-electron chi connectivity index (χ2n) is 5.52. The molecule has 1 aromatic carbocycles. The molecule has 1 N–H and O–H groups in total. The average molecular weight is 301 g/mol. The Morgan fingerprint density at radius 2 is 2.05 bits per heavy atom. The summed E-state index contributed by atoms with van der Waals surface area (Å²) in [7, 11) is 0. The van der Waals surface area contributed by atoms with Crippen LogP contribution in [0.15, 0.2) is 24.3 Å². The van der Waals surface area contributed by atoms with Crippen molar-refractivity contribution in [3.05, 3.63) is 41.1 Å². The van der Waals surface area contributed by atoms with Crippen LogP contribution in [0.2, 0.25) is 0 Å². The fourth-order valence-corrected chi connectivity index (χ4v) is 3.39. The van der Waals surface area contributed by atoms with E-state index in [4.69, 9.17) is 5.10 Å². The summed E-state index contributed by atoms with van der Waals surface area (Å²) in [5, 5.41) is 8.47. The first kappa shape index (κ1) is 14.5. The van der Waals surface area contributed by atoms with Crippen molar-refractivity contribution in [1.82, 2.24) is 9.78 Å². The summed E-state index contributed by atoms with van der Waals surface area (Å²) in [6.07, 6.45) is 6.86. The van der Waals surface area contributed by atoms with E-state index in [0.717, 1.165) is 30.8 Å². The summed E-state index contributed by atoms with van der Waals surface area (Å²) >= 11 is 1.85. The number of rotatable bonds is 4. The highest BCUT2D eigenvalue weighted by molar-refractivity contribution is 7.97. The van der Waals surface area contributed by atoms with E-state index in [2.05, 4.69) is 47.4 Å². The number of nitrogens with one attached hydrogen (secondary N) is 1. The molecule has 4 heteroatoms. The Hall–Kier alpha value is -1.42. The Balaban J connectivity index is 2.04. The van der Waals surface area contributed by atoms with E-state index in [1.807, 2.05) is 11.8 Å². The second-order valence-corrected chi connectivity index (χ2v) is 6.39. The lowest BCUT2D eigenvalue weighted by atomic mass is 10.1. The summed E-state index contributed by atoms with van der Waals surface area (Å²) in [5.74, 6) is 2.20. The second kappa shape index (κ2) is 6.56. The van der Waals surface area contributed by atoms with Gasteiger partial charge in [0.15, 0.2) is 0 Å². The molecule has 21 heavy (non-hydrogen) atoms. The molecule has 0 atom stereocenters. The van der Waals surface area contributed by atoms with E-state index in [-0.39, 0.29) is 0 Å².